The van der Waals surface area contributed by atoms with Crippen LogP contribution in [-0.4, -0.2) is 24.4 Å². The third-order valence-corrected chi connectivity index (χ3v) is 3.64. The van der Waals surface area contributed by atoms with Crippen LogP contribution in [0.3, 0.4) is 0 Å². The maximum absolute atomic E-state index is 12.8. The Kier molecular flexibility index (Phi) is 5.52. The van der Waals surface area contributed by atoms with E-state index in [9.17, 15) is 9.18 Å². The maximum Gasteiger partial charge on any atom is 0.238 e. The third-order valence-electron chi connectivity index (χ3n) is 3.23. The lowest BCUT2D eigenvalue weighted by Crippen LogP contribution is -2.29. The van der Waals surface area contributed by atoms with Crippen molar-refractivity contribution < 1.29 is 9.18 Å². The first-order chi connectivity index (χ1) is 10.4. The number of anilines is 1. The second-order valence-electron chi connectivity index (χ2n) is 5.31. The van der Waals surface area contributed by atoms with Crippen LogP contribution < -0.4 is 5.32 Å². The number of carbonyl (C=O) groups is 1. The molecule has 0 unspecified atom stereocenters. The first kappa shape index (κ1) is 16.5. The quantitative estimate of drug-likeness (QED) is 0.907. The topological polar surface area (TPSA) is 32.3 Å². The van der Waals surface area contributed by atoms with Gasteiger partial charge in [0.15, 0.2) is 0 Å². The smallest absolute Gasteiger partial charge is 0.238 e. The van der Waals surface area contributed by atoms with Crippen molar-refractivity contribution >= 4 is 23.2 Å². The molecule has 0 aromatic heterocycles. The van der Waals surface area contributed by atoms with Gasteiger partial charge in [-0.1, -0.05) is 29.8 Å². The van der Waals surface area contributed by atoms with E-state index in [1.54, 1.807) is 18.2 Å². The molecule has 2 rings (SSSR count). The summed E-state index contributed by atoms with van der Waals surface area (Å²) in [5.74, 6) is -0.384. The molecular formula is C17H18ClFN2O. The van der Waals surface area contributed by atoms with E-state index < -0.39 is 0 Å². The van der Waals surface area contributed by atoms with Gasteiger partial charge in [-0.05, 0) is 49.4 Å². The zero-order valence-electron chi connectivity index (χ0n) is 12.6. The zero-order valence-corrected chi connectivity index (χ0v) is 13.3. The normalized spacial score (nSPS) is 10.8. The Bertz CT molecular complexity index is 658. The molecule has 0 spiro atoms. The average Bonchev–Trinajstić information content (AvgIpc) is 2.45. The summed E-state index contributed by atoms with van der Waals surface area (Å²) in [6.07, 6.45) is 0. The van der Waals surface area contributed by atoms with Gasteiger partial charge in [-0.25, -0.2) is 4.39 Å². The largest absolute Gasteiger partial charge is 0.325 e. The summed E-state index contributed by atoms with van der Waals surface area (Å²) in [4.78, 5) is 13.9. The van der Waals surface area contributed by atoms with Gasteiger partial charge in [0, 0.05) is 17.3 Å². The summed E-state index contributed by atoms with van der Waals surface area (Å²) in [6.45, 7) is 2.72. The Hall–Kier alpha value is -1.91. The van der Waals surface area contributed by atoms with E-state index in [2.05, 4.69) is 5.32 Å². The van der Waals surface area contributed by atoms with Gasteiger partial charge >= 0.3 is 0 Å². The molecule has 2 aromatic rings. The zero-order chi connectivity index (χ0) is 16.1. The van der Waals surface area contributed by atoms with E-state index in [0.717, 1.165) is 11.1 Å². The molecule has 0 aliphatic carbocycles. The average molecular weight is 321 g/mol. The molecule has 116 valence electrons. The molecule has 0 aliphatic heterocycles. The highest BCUT2D eigenvalue weighted by molar-refractivity contribution is 6.31. The minimum absolute atomic E-state index is 0.121. The molecule has 3 nitrogen and oxygen atoms in total. The summed E-state index contributed by atoms with van der Waals surface area (Å²) < 4.78 is 12.8. The Morgan fingerprint density at radius 2 is 1.91 bits per heavy atom. The second kappa shape index (κ2) is 7.38. The maximum atomic E-state index is 12.8. The number of nitrogens with zero attached hydrogens (tertiary/aromatic N) is 1. The fourth-order valence-corrected chi connectivity index (χ4v) is 2.25. The van der Waals surface area contributed by atoms with Crippen LogP contribution in [0.1, 0.15) is 11.1 Å². The summed E-state index contributed by atoms with van der Waals surface area (Å²) in [6, 6.07) is 11.7. The van der Waals surface area contributed by atoms with Crippen molar-refractivity contribution in [1.29, 1.82) is 0 Å². The monoisotopic (exact) mass is 320 g/mol. The molecular weight excluding hydrogens is 303 g/mol. The van der Waals surface area contributed by atoms with Gasteiger partial charge in [0.2, 0.25) is 5.91 Å². The van der Waals surface area contributed by atoms with Gasteiger partial charge in [-0.3, -0.25) is 9.69 Å². The van der Waals surface area contributed by atoms with Gasteiger partial charge in [-0.15, -0.1) is 0 Å². The summed E-state index contributed by atoms with van der Waals surface area (Å²) in [5.41, 5.74) is 2.60. The Balaban J connectivity index is 1.88. The minimum atomic E-state index is -0.264. The minimum Gasteiger partial charge on any atom is -0.325 e. The molecule has 0 aliphatic rings. The first-order valence-electron chi connectivity index (χ1n) is 6.93. The lowest BCUT2D eigenvalue weighted by molar-refractivity contribution is -0.117. The molecule has 1 N–H and O–H groups in total. The van der Waals surface area contributed by atoms with E-state index in [0.29, 0.717) is 17.3 Å². The van der Waals surface area contributed by atoms with Crippen molar-refractivity contribution in [3.8, 4) is 0 Å². The van der Waals surface area contributed by atoms with Crippen molar-refractivity contribution in [2.75, 3.05) is 18.9 Å². The highest BCUT2D eigenvalue weighted by Gasteiger charge is 2.08. The van der Waals surface area contributed by atoms with Crippen molar-refractivity contribution in [1.82, 2.24) is 4.90 Å². The van der Waals surface area contributed by atoms with Crippen molar-refractivity contribution in [3.63, 3.8) is 0 Å². The summed E-state index contributed by atoms with van der Waals surface area (Å²) in [5, 5.41) is 3.43. The molecule has 0 saturated heterocycles. The van der Waals surface area contributed by atoms with Gasteiger partial charge in [0.05, 0.1) is 6.54 Å². The van der Waals surface area contributed by atoms with Crippen LogP contribution in [0.2, 0.25) is 5.02 Å². The predicted octanol–water partition coefficient (Wildman–Crippen LogP) is 3.86. The number of amides is 1. The lowest BCUT2D eigenvalue weighted by atomic mass is 10.2. The standard InChI is InChI=1S/C17H18ClFN2O/c1-12-3-8-15(9-16(12)18)20-17(22)11-21(2)10-13-4-6-14(19)7-5-13/h3-9H,10-11H2,1-2H3,(H,20,22). The molecule has 22 heavy (non-hydrogen) atoms. The fourth-order valence-electron chi connectivity index (χ4n) is 2.07. The Morgan fingerprint density at radius 3 is 2.55 bits per heavy atom. The van der Waals surface area contributed by atoms with Crippen LogP contribution >= 0.6 is 11.6 Å². The van der Waals surface area contributed by atoms with Crippen molar-refractivity contribution in [3.05, 3.63) is 64.4 Å². The number of benzene rings is 2. The van der Waals surface area contributed by atoms with Crippen LogP contribution in [0.5, 0.6) is 0 Å². The number of nitrogens with one attached hydrogen (secondary N) is 1. The molecule has 5 heteroatoms. The Labute approximate surface area is 134 Å². The number of likely N-dealkylation sites (N-methyl/N-ethyl adjacent to an activating group) is 1. The van der Waals surface area contributed by atoms with E-state index in [-0.39, 0.29) is 18.3 Å². The van der Waals surface area contributed by atoms with Crippen LogP contribution in [0.15, 0.2) is 42.5 Å². The summed E-state index contributed by atoms with van der Waals surface area (Å²) in [7, 11) is 1.84. The van der Waals surface area contributed by atoms with E-state index >= 15 is 0 Å². The highest BCUT2D eigenvalue weighted by atomic mass is 35.5. The highest BCUT2D eigenvalue weighted by Crippen LogP contribution is 2.19. The molecule has 0 bridgehead atoms. The number of halogens is 2. The number of hydrogen-bond donors (Lipinski definition) is 1. The van der Waals surface area contributed by atoms with Gasteiger partial charge in [-0.2, -0.15) is 0 Å². The SMILES string of the molecule is Cc1ccc(NC(=O)CN(C)Cc2ccc(F)cc2)cc1Cl. The number of hydrogen-bond acceptors (Lipinski definition) is 2. The van der Waals surface area contributed by atoms with Crippen LogP contribution in [0.4, 0.5) is 10.1 Å². The fraction of sp³-hybridized carbons (Fsp3) is 0.235. The summed E-state index contributed by atoms with van der Waals surface area (Å²) >= 11 is 6.03. The molecule has 0 fully saturated rings. The van der Waals surface area contributed by atoms with Crippen molar-refractivity contribution in [2.45, 2.75) is 13.5 Å². The molecule has 2 aromatic carbocycles. The van der Waals surface area contributed by atoms with Crippen molar-refractivity contribution in [2.24, 2.45) is 0 Å². The Morgan fingerprint density at radius 1 is 1.23 bits per heavy atom. The van der Waals surface area contributed by atoms with E-state index in [1.807, 2.05) is 31.0 Å². The van der Waals surface area contributed by atoms with Crippen LogP contribution in [0.25, 0.3) is 0 Å². The first-order valence-corrected chi connectivity index (χ1v) is 7.31. The number of aryl methyl sites for hydroxylation is 1. The van der Waals surface area contributed by atoms with E-state index in [4.69, 9.17) is 11.6 Å². The number of rotatable bonds is 5. The number of carbonyl (C=O) groups excluding carboxylic acids is 1. The van der Waals surface area contributed by atoms with Crippen LogP contribution in [-0.2, 0) is 11.3 Å². The molecule has 0 atom stereocenters. The van der Waals surface area contributed by atoms with Gasteiger partial charge in [0.25, 0.3) is 0 Å². The third kappa shape index (κ3) is 4.83. The van der Waals surface area contributed by atoms with Gasteiger partial charge < -0.3 is 5.32 Å². The molecule has 1 amide bonds. The molecule has 0 radical (unpaired) electrons. The van der Waals surface area contributed by atoms with Crippen LogP contribution in [0, 0.1) is 12.7 Å². The second-order valence-corrected chi connectivity index (χ2v) is 5.72. The predicted molar refractivity (Wildman–Crippen MR) is 87.6 cm³/mol. The van der Waals surface area contributed by atoms with E-state index in [1.165, 1.54) is 12.1 Å². The molecule has 0 heterocycles. The molecule has 0 saturated carbocycles. The lowest BCUT2D eigenvalue weighted by Gasteiger charge is -2.16. The van der Waals surface area contributed by atoms with Gasteiger partial charge in [0.1, 0.15) is 5.82 Å².